The quantitative estimate of drug-likeness (QED) is 0.538. The molecule has 1 aliphatic rings. The minimum Gasteiger partial charge on any atom is -0.264 e. The maximum Gasteiger partial charge on any atom is 0.229 e. The highest BCUT2D eigenvalue weighted by molar-refractivity contribution is 4.87. The molecular formula is C9H15N3O6. The molecular weight excluding hydrogens is 246 g/mol. The van der Waals surface area contributed by atoms with E-state index in [0.717, 1.165) is 0 Å². The zero-order valence-electron chi connectivity index (χ0n) is 9.93. The van der Waals surface area contributed by atoms with Gasteiger partial charge in [-0.2, -0.15) is 0 Å². The standard InChI is InChI=1S/C9H15N3O6/c1-2-3-7-8(11(15)16)4-6(10(13)14)5-9(7)12(17)18/h6-9H,2-5H2,1H3. The van der Waals surface area contributed by atoms with Gasteiger partial charge < -0.3 is 0 Å². The average molecular weight is 261 g/mol. The topological polar surface area (TPSA) is 129 Å². The Balaban J connectivity index is 3.00. The second kappa shape index (κ2) is 5.69. The van der Waals surface area contributed by atoms with E-state index in [-0.39, 0.29) is 12.8 Å². The molecule has 2 atom stereocenters. The van der Waals surface area contributed by atoms with Gasteiger partial charge in [-0.05, 0) is 6.42 Å². The molecule has 0 radical (unpaired) electrons. The van der Waals surface area contributed by atoms with Crippen LogP contribution in [0.15, 0.2) is 0 Å². The molecule has 102 valence electrons. The summed E-state index contributed by atoms with van der Waals surface area (Å²) < 4.78 is 0. The fourth-order valence-corrected chi connectivity index (χ4v) is 2.63. The number of nitrogens with zero attached hydrogens (tertiary/aromatic N) is 3. The number of hydrogen-bond acceptors (Lipinski definition) is 6. The van der Waals surface area contributed by atoms with Gasteiger partial charge in [-0.25, -0.2) is 0 Å². The van der Waals surface area contributed by atoms with E-state index in [2.05, 4.69) is 0 Å². The van der Waals surface area contributed by atoms with Crippen LogP contribution in [-0.2, 0) is 0 Å². The van der Waals surface area contributed by atoms with E-state index in [1.165, 1.54) is 0 Å². The van der Waals surface area contributed by atoms with E-state index < -0.39 is 38.8 Å². The van der Waals surface area contributed by atoms with Crippen molar-refractivity contribution in [2.75, 3.05) is 0 Å². The molecule has 0 aromatic heterocycles. The van der Waals surface area contributed by atoms with Gasteiger partial charge in [0.25, 0.3) is 0 Å². The minimum atomic E-state index is -1.19. The summed E-state index contributed by atoms with van der Waals surface area (Å²) in [5.74, 6) is -0.712. The zero-order chi connectivity index (χ0) is 13.9. The van der Waals surface area contributed by atoms with Crippen molar-refractivity contribution < 1.29 is 14.8 Å². The molecule has 1 aliphatic carbocycles. The van der Waals surface area contributed by atoms with Crippen molar-refractivity contribution in [2.45, 2.75) is 50.7 Å². The highest BCUT2D eigenvalue weighted by atomic mass is 16.6. The number of rotatable bonds is 5. The van der Waals surface area contributed by atoms with Gasteiger partial charge in [-0.15, -0.1) is 0 Å². The molecule has 0 aliphatic heterocycles. The van der Waals surface area contributed by atoms with Crippen LogP contribution in [0.2, 0.25) is 0 Å². The average Bonchev–Trinajstić information content (AvgIpc) is 2.28. The Hall–Kier alpha value is -1.80. The van der Waals surface area contributed by atoms with E-state index in [1.807, 2.05) is 0 Å². The van der Waals surface area contributed by atoms with Crippen LogP contribution in [0, 0.1) is 36.3 Å². The second-order valence-corrected chi connectivity index (χ2v) is 4.57. The third kappa shape index (κ3) is 2.90. The molecule has 1 rings (SSSR count). The molecule has 0 bridgehead atoms. The summed E-state index contributed by atoms with van der Waals surface area (Å²) in [4.78, 5) is 30.7. The van der Waals surface area contributed by atoms with Crippen LogP contribution in [0.4, 0.5) is 0 Å². The molecule has 1 fully saturated rings. The zero-order valence-corrected chi connectivity index (χ0v) is 9.93. The van der Waals surface area contributed by atoms with Crippen molar-refractivity contribution in [3.05, 3.63) is 30.3 Å². The van der Waals surface area contributed by atoms with Crippen LogP contribution in [-0.4, -0.2) is 32.9 Å². The summed E-state index contributed by atoms with van der Waals surface area (Å²) in [6, 6.07) is -3.57. The molecule has 9 nitrogen and oxygen atoms in total. The van der Waals surface area contributed by atoms with Crippen molar-refractivity contribution in [3.63, 3.8) is 0 Å². The van der Waals surface area contributed by atoms with Gasteiger partial charge in [0.1, 0.15) is 0 Å². The molecule has 0 aromatic carbocycles. The lowest BCUT2D eigenvalue weighted by Crippen LogP contribution is -2.50. The first-order valence-corrected chi connectivity index (χ1v) is 5.79. The van der Waals surface area contributed by atoms with Crippen LogP contribution in [0.1, 0.15) is 32.6 Å². The van der Waals surface area contributed by atoms with Gasteiger partial charge >= 0.3 is 0 Å². The lowest BCUT2D eigenvalue weighted by Gasteiger charge is -2.29. The smallest absolute Gasteiger partial charge is 0.229 e. The minimum absolute atomic E-state index is 0.213. The Morgan fingerprint density at radius 3 is 1.67 bits per heavy atom. The normalized spacial score (nSPS) is 31.8. The van der Waals surface area contributed by atoms with Gasteiger partial charge in [-0.1, -0.05) is 13.3 Å². The SMILES string of the molecule is CCCC1C([N+](=O)[O-])CC([N+](=O)[O-])CC1[N+](=O)[O-]. The van der Waals surface area contributed by atoms with Gasteiger partial charge in [0.2, 0.25) is 18.1 Å². The Kier molecular flexibility index (Phi) is 4.51. The maximum absolute atomic E-state index is 10.9. The lowest BCUT2D eigenvalue weighted by atomic mass is 9.76. The molecule has 0 amide bonds. The van der Waals surface area contributed by atoms with E-state index in [0.29, 0.717) is 12.8 Å². The first kappa shape index (κ1) is 14.3. The van der Waals surface area contributed by atoms with E-state index >= 15 is 0 Å². The van der Waals surface area contributed by atoms with E-state index in [4.69, 9.17) is 0 Å². The monoisotopic (exact) mass is 261 g/mol. The number of nitro groups is 3. The maximum atomic E-state index is 10.9. The van der Waals surface area contributed by atoms with Crippen molar-refractivity contribution in [3.8, 4) is 0 Å². The molecule has 0 aromatic rings. The molecule has 9 heteroatoms. The fourth-order valence-electron chi connectivity index (χ4n) is 2.63. The summed E-state index contributed by atoms with van der Waals surface area (Å²) in [5, 5.41) is 32.6. The largest absolute Gasteiger partial charge is 0.264 e. The Morgan fingerprint density at radius 1 is 0.944 bits per heavy atom. The van der Waals surface area contributed by atoms with Gasteiger partial charge in [0.05, 0.1) is 18.8 Å². The highest BCUT2D eigenvalue weighted by Crippen LogP contribution is 2.33. The lowest BCUT2D eigenvalue weighted by molar-refractivity contribution is -0.616. The predicted molar refractivity (Wildman–Crippen MR) is 60.0 cm³/mol. The van der Waals surface area contributed by atoms with Gasteiger partial charge in [-0.3, -0.25) is 30.3 Å². The second-order valence-electron chi connectivity index (χ2n) is 4.57. The van der Waals surface area contributed by atoms with Crippen LogP contribution in [0.5, 0.6) is 0 Å². The Morgan fingerprint density at radius 2 is 1.39 bits per heavy atom. The first-order valence-electron chi connectivity index (χ1n) is 5.79. The van der Waals surface area contributed by atoms with E-state index in [1.54, 1.807) is 6.92 Å². The summed E-state index contributed by atoms with van der Waals surface area (Å²) in [7, 11) is 0. The summed E-state index contributed by atoms with van der Waals surface area (Å²) in [6.07, 6.45) is 0.508. The van der Waals surface area contributed by atoms with Crippen LogP contribution in [0.25, 0.3) is 0 Å². The third-order valence-electron chi connectivity index (χ3n) is 3.48. The molecule has 0 spiro atoms. The van der Waals surface area contributed by atoms with Crippen LogP contribution < -0.4 is 0 Å². The molecule has 1 saturated carbocycles. The first-order chi connectivity index (χ1) is 8.38. The summed E-state index contributed by atoms with van der Waals surface area (Å²) in [5.41, 5.74) is 0. The van der Waals surface area contributed by atoms with Gasteiger partial charge in [0.15, 0.2) is 0 Å². The number of hydrogen-bond donors (Lipinski definition) is 0. The molecule has 2 unspecified atom stereocenters. The van der Waals surface area contributed by atoms with E-state index in [9.17, 15) is 30.3 Å². The van der Waals surface area contributed by atoms with Crippen LogP contribution >= 0.6 is 0 Å². The van der Waals surface area contributed by atoms with Gasteiger partial charge in [0, 0.05) is 14.8 Å². The Bertz CT molecular complexity index is 336. The molecule has 0 N–H and O–H groups in total. The van der Waals surface area contributed by atoms with Crippen molar-refractivity contribution >= 4 is 0 Å². The van der Waals surface area contributed by atoms with Crippen molar-refractivity contribution in [2.24, 2.45) is 5.92 Å². The molecule has 0 saturated heterocycles. The Labute approximate surface area is 103 Å². The highest BCUT2D eigenvalue weighted by Gasteiger charge is 2.53. The van der Waals surface area contributed by atoms with Crippen molar-refractivity contribution in [1.82, 2.24) is 0 Å². The van der Waals surface area contributed by atoms with Crippen LogP contribution in [0.3, 0.4) is 0 Å². The predicted octanol–water partition coefficient (Wildman–Crippen LogP) is 1.13. The third-order valence-corrected chi connectivity index (χ3v) is 3.48. The van der Waals surface area contributed by atoms with Crippen molar-refractivity contribution in [1.29, 1.82) is 0 Å². The summed E-state index contributed by atoms with van der Waals surface area (Å²) in [6.45, 7) is 1.79. The fraction of sp³-hybridized carbons (Fsp3) is 1.00. The molecule has 18 heavy (non-hydrogen) atoms. The summed E-state index contributed by atoms with van der Waals surface area (Å²) >= 11 is 0. The molecule has 0 heterocycles.